The minimum Gasteiger partial charge on any atom is -0.469 e. The van der Waals surface area contributed by atoms with E-state index < -0.39 is 33.0 Å². The molecule has 0 aromatic rings. The van der Waals surface area contributed by atoms with Crippen molar-refractivity contribution < 1.29 is 33.7 Å². The van der Waals surface area contributed by atoms with Gasteiger partial charge in [-0.1, -0.05) is 6.92 Å². The van der Waals surface area contributed by atoms with Crippen LogP contribution >= 0.6 is 0 Å². The van der Waals surface area contributed by atoms with Gasteiger partial charge in [-0.25, -0.2) is 0 Å². The Balaban J connectivity index is 1.25. The number of carbonyl (C=O) groups excluding carboxylic acids is 3. The first-order chi connectivity index (χ1) is 19.9. The van der Waals surface area contributed by atoms with Crippen molar-refractivity contribution >= 4 is 17.9 Å². The Labute approximate surface area is 258 Å². The third-order valence-corrected chi connectivity index (χ3v) is 13.5. The molecule has 7 nitrogen and oxygen atoms in total. The molecule has 1 N–H and O–H groups in total. The van der Waals surface area contributed by atoms with Crippen LogP contribution in [0.5, 0.6) is 0 Å². The van der Waals surface area contributed by atoms with Crippen LogP contribution in [-0.2, 0) is 28.6 Å². The minimum absolute atomic E-state index is 0.202. The lowest BCUT2D eigenvalue weighted by Gasteiger charge is -2.60. The quantitative estimate of drug-likeness (QED) is 0.218. The molecule has 0 radical (unpaired) electrons. The Morgan fingerprint density at radius 2 is 1.26 bits per heavy atom. The zero-order chi connectivity index (χ0) is 31.2. The van der Waals surface area contributed by atoms with Gasteiger partial charge in [0.05, 0.1) is 29.0 Å². The fourth-order valence-electron chi connectivity index (χ4n) is 11.9. The summed E-state index contributed by atoms with van der Waals surface area (Å²) < 4.78 is 18.3. The summed E-state index contributed by atoms with van der Waals surface area (Å²) in [4.78, 5) is 41.7. The average molecular weight is 601 g/mol. The van der Waals surface area contributed by atoms with Gasteiger partial charge >= 0.3 is 17.9 Å². The molecular weight excluding hydrogens is 544 g/mol. The normalized spacial score (nSPS) is 43.5. The molecule has 0 aliphatic heterocycles. The fourth-order valence-corrected chi connectivity index (χ4v) is 11.9. The monoisotopic (exact) mass is 600 g/mol. The largest absolute Gasteiger partial charge is 0.469 e. The topological polar surface area (TPSA) is 99.1 Å². The maximum absolute atomic E-state index is 14.6. The molecule has 43 heavy (non-hydrogen) atoms. The number of ether oxygens (including phenoxy) is 3. The van der Waals surface area contributed by atoms with Crippen molar-refractivity contribution in [1.82, 2.24) is 0 Å². The molecule has 0 heterocycles. The summed E-state index contributed by atoms with van der Waals surface area (Å²) in [6.07, 6.45) is 11.6. The maximum Gasteiger partial charge on any atom is 0.312 e. The van der Waals surface area contributed by atoms with E-state index in [1.54, 1.807) is 0 Å². The molecule has 8 aliphatic carbocycles. The molecule has 242 valence electrons. The van der Waals surface area contributed by atoms with Crippen molar-refractivity contribution in [3.8, 4) is 0 Å². The van der Waals surface area contributed by atoms with Crippen LogP contribution in [0, 0.1) is 51.8 Å². The highest BCUT2D eigenvalue weighted by Gasteiger charge is 2.61. The van der Waals surface area contributed by atoms with Crippen LogP contribution in [0.1, 0.15) is 131 Å². The summed E-state index contributed by atoms with van der Waals surface area (Å²) in [7, 11) is 1.39. The first-order valence-corrected chi connectivity index (χ1v) is 17.2. The Morgan fingerprint density at radius 3 is 1.74 bits per heavy atom. The van der Waals surface area contributed by atoms with E-state index in [2.05, 4.69) is 6.92 Å². The Bertz CT molecular complexity index is 1110. The average Bonchev–Trinajstić information content (AvgIpc) is 2.88. The third kappa shape index (κ3) is 5.35. The molecule has 0 saturated heterocycles. The zero-order valence-electron chi connectivity index (χ0n) is 27.8. The Hall–Kier alpha value is -1.63. The highest BCUT2D eigenvalue weighted by atomic mass is 16.6. The van der Waals surface area contributed by atoms with Gasteiger partial charge < -0.3 is 19.3 Å². The van der Waals surface area contributed by atoms with Gasteiger partial charge in [0.25, 0.3) is 0 Å². The molecule has 8 rings (SSSR count). The first-order valence-electron chi connectivity index (χ1n) is 17.2. The number of rotatable bonds is 10. The fraction of sp³-hybridized carbons (Fsp3) is 0.917. The number of carbonyl (C=O) groups is 3. The standard InChI is InChI=1S/C36H56O7/c1-8-32(4,29(38)41-7)20-33(5,30(39)42-34(6)26-11-22-9-23(13-26)14-27(34)12-22)19-31(2,3)28(37)43-36-17-24-10-25(18-36)16-35(40,15-24)21-36/h22-27,40H,8-21H2,1-7H3. The van der Waals surface area contributed by atoms with Crippen molar-refractivity contribution in [2.45, 2.75) is 148 Å². The van der Waals surface area contributed by atoms with Crippen molar-refractivity contribution in [2.75, 3.05) is 7.11 Å². The highest BCUT2D eigenvalue weighted by Crippen LogP contribution is 2.61. The van der Waals surface area contributed by atoms with E-state index in [-0.39, 0.29) is 30.7 Å². The number of hydrogen-bond acceptors (Lipinski definition) is 7. The molecule has 0 amide bonds. The van der Waals surface area contributed by atoms with E-state index in [0.717, 1.165) is 69.6 Å². The molecule has 7 heteroatoms. The lowest BCUT2D eigenvalue weighted by Crippen LogP contribution is -2.61. The van der Waals surface area contributed by atoms with E-state index in [0.29, 0.717) is 36.5 Å². The second kappa shape index (κ2) is 10.2. The van der Waals surface area contributed by atoms with Crippen LogP contribution in [0.25, 0.3) is 0 Å². The van der Waals surface area contributed by atoms with E-state index in [4.69, 9.17) is 14.2 Å². The van der Waals surface area contributed by atoms with Gasteiger partial charge in [0.15, 0.2) is 0 Å². The van der Waals surface area contributed by atoms with Crippen LogP contribution in [0.15, 0.2) is 0 Å². The SMILES string of the molecule is CCC(C)(CC(C)(CC(C)(C)C(=O)OC12CC3CC(CC(O)(C3)C1)C2)C(=O)OC1(C)C2CC3CC(C2)CC1C3)C(=O)OC. The lowest BCUT2D eigenvalue weighted by atomic mass is 9.50. The summed E-state index contributed by atoms with van der Waals surface area (Å²) in [6.45, 7) is 11.6. The molecule has 8 aliphatic rings. The lowest BCUT2D eigenvalue weighted by molar-refractivity contribution is -0.227. The van der Waals surface area contributed by atoms with Crippen LogP contribution in [0.4, 0.5) is 0 Å². The molecule has 8 fully saturated rings. The van der Waals surface area contributed by atoms with Gasteiger partial charge in [-0.05, 0) is 154 Å². The third-order valence-electron chi connectivity index (χ3n) is 13.5. The first kappa shape index (κ1) is 31.4. The van der Waals surface area contributed by atoms with E-state index in [1.807, 2.05) is 34.6 Å². The van der Waals surface area contributed by atoms with Gasteiger partial charge in [-0.3, -0.25) is 14.4 Å². The van der Waals surface area contributed by atoms with Gasteiger partial charge in [0.2, 0.25) is 0 Å². The van der Waals surface area contributed by atoms with Crippen LogP contribution in [0.2, 0.25) is 0 Å². The summed E-state index contributed by atoms with van der Waals surface area (Å²) in [5.41, 5.74) is -4.89. The summed E-state index contributed by atoms with van der Waals surface area (Å²) >= 11 is 0. The highest BCUT2D eigenvalue weighted by molar-refractivity contribution is 5.83. The Morgan fingerprint density at radius 1 is 0.721 bits per heavy atom. The van der Waals surface area contributed by atoms with Crippen molar-refractivity contribution in [2.24, 2.45) is 51.8 Å². The molecule has 0 aromatic heterocycles. The van der Waals surface area contributed by atoms with Gasteiger partial charge in [-0.15, -0.1) is 0 Å². The van der Waals surface area contributed by atoms with Crippen LogP contribution < -0.4 is 0 Å². The van der Waals surface area contributed by atoms with Gasteiger partial charge in [-0.2, -0.15) is 0 Å². The number of esters is 3. The summed E-state index contributed by atoms with van der Waals surface area (Å²) in [6, 6.07) is 0. The van der Waals surface area contributed by atoms with E-state index in [1.165, 1.54) is 13.5 Å². The van der Waals surface area contributed by atoms with E-state index >= 15 is 0 Å². The number of methoxy groups -OCH3 is 1. The molecule has 8 bridgehead atoms. The molecule has 4 unspecified atom stereocenters. The maximum atomic E-state index is 14.6. The second-order valence-corrected chi connectivity index (χ2v) is 17.8. The van der Waals surface area contributed by atoms with Crippen LogP contribution in [0.3, 0.4) is 0 Å². The molecule has 8 saturated carbocycles. The second-order valence-electron chi connectivity index (χ2n) is 17.8. The Kier molecular flexibility index (Phi) is 7.43. The number of hydrogen-bond donors (Lipinski definition) is 1. The number of aliphatic hydroxyl groups is 1. The van der Waals surface area contributed by atoms with Crippen molar-refractivity contribution in [3.05, 3.63) is 0 Å². The smallest absolute Gasteiger partial charge is 0.312 e. The molecular formula is C36H56O7. The predicted octanol–water partition coefficient (Wildman–Crippen LogP) is 6.77. The van der Waals surface area contributed by atoms with Gasteiger partial charge in [0, 0.05) is 6.42 Å². The molecule has 0 aromatic carbocycles. The van der Waals surface area contributed by atoms with Crippen molar-refractivity contribution in [3.63, 3.8) is 0 Å². The van der Waals surface area contributed by atoms with E-state index in [9.17, 15) is 19.5 Å². The predicted molar refractivity (Wildman–Crippen MR) is 162 cm³/mol. The van der Waals surface area contributed by atoms with Gasteiger partial charge in [0.1, 0.15) is 11.2 Å². The zero-order valence-corrected chi connectivity index (χ0v) is 27.8. The van der Waals surface area contributed by atoms with Crippen LogP contribution in [-0.4, -0.2) is 46.9 Å². The van der Waals surface area contributed by atoms with Crippen molar-refractivity contribution in [1.29, 1.82) is 0 Å². The molecule has 0 spiro atoms. The minimum atomic E-state index is -1.11. The molecule has 4 atom stereocenters. The summed E-state index contributed by atoms with van der Waals surface area (Å²) in [5.74, 6) is 2.05. The summed E-state index contributed by atoms with van der Waals surface area (Å²) in [5, 5.41) is 11.2.